The molecule has 55 heavy (non-hydrogen) atoms. The summed E-state index contributed by atoms with van der Waals surface area (Å²) >= 11 is 1.86. The van der Waals surface area contributed by atoms with Crippen molar-refractivity contribution in [2.45, 2.75) is 15.2 Å². The Hall–Kier alpha value is -6.75. The number of aromatic nitrogens is 3. The fourth-order valence-corrected chi connectivity index (χ4v) is 10.7. The third-order valence-corrected chi connectivity index (χ3v) is 12.8. The van der Waals surface area contributed by atoms with Gasteiger partial charge in [-0.15, -0.1) is 0 Å². The molecule has 0 fully saturated rings. The zero-order valence-corrected chi connectivity index (χ0v) is 30.5. The quantitative estimate of drug-likeness (QED) is 0.182. The van der Waals surface area contributed by atoms with Gasteiger partial charge in [0.05, 0.1) is 27.7 Å². The average molecular weight is 718 g/mol. The highest BCUT2D eigenvalue weighted by molar-refractivity contribution is 7.99. The lowest BCUT2D eigenvalue weighted by atomic mass is 9.66. The van der Waals surface area contributed by atoms with Crippen LogP contribution in [0.1, 0.15) is 22.3 Å². The SMILES string of the molecule is c1cc(-c2nc(-c3cccc4c3C3(c5ccccc5Sc5ccccc53)c3ccccc3-4)nc3ccccc23)cc(-n2c3ccccc3c3ccccc32)c1. The first-order chi connectivity index (χ1) is 27.3. The summed E-state index contributed by atoms with van der Waals surface area (Å²) < 4.78 is 2.37. The minimum Gasteiger partial charge on any atom is -0.309 e. The minimum atomic E-state index is -0.535. The van der Waals surface area contributed by atoms with Crippen LogP contribution in [0.15, 0.2) is 198 Å². The Morgan fingerprint density at radius 3 is 1.75 bits per heavy atom. The molecular formula is C51H31N3S. The van der Waals surface area contributed by atoms with Gasteiger partial charge in [0, 0.05) is 42.8 Å². The molecule has 0 radical (unpaired) electrons. The molecule has 2 aliphatic rings. The molecule has 0 amide bonds. The lowest BCUT2D eigenvalue weighted by Crippen LogP contribution is -2.32. The predicted molar refractivity (Wildman–Crippen MR) is 226 cm³/mol. The van der Waals surface area contributed by atoms with Gasteiger partial charge in [0.1, 0.15) is 0 Å². The zero-order chi connectivity index (χ0) is 36.1. The average Bonchev–Trinajstić information content (AvgIpc) is 3.75. The summed E-state index contributed by atoms with van der Waals surface area (Å²) in [6.45, 7) is 0. The summed E-state index contributed by atoms with van der Waals surface area (Å²) in [5.41, 5.74) is 14.5. The standard InChI is InChI=1S/C51H31N3S/c1-5-23-40-34(17-1)37-21-14-22-39(48(37)51(40)41-24-6-11-29-46(41)55-47-30-12-7-25-42(47)51)50-52-43-26-8-2-20-38(43)49(53-50)32-15-13-16-33(31-32)54-44-27-9-3-18-35(44)36-19-4-10-28-45(36)54/h1-31H. The van der Waals surface area contributed by atoms with Crippen LogP contribution in [0.5, 0.6) is 0 Å². The van der Waals surface area contributed by atoms with Crippen molar-refractivity contribution in [1.82, 2.24) is 14.5 Å². The van der Waals surface area contributed by atoms with Gasteiger partial charge < -0.3 is 4.57 Å². The molecule has 0 atom stereocenters. The normalized spacial score (nSPS) is 13.5. The molecule has 10 aromatic rings. The number of para-hydroxylation sites is 3. The van der Waals surface area contributed by atoms with E-state index in [9.17, 15) is 0 Å². The molecule has 3 nitrogen and oxygen atoms in total. The molecule has 0 bridgehead atoms. The van der Waals surface area contributed by atoms with Gasteiger partial charge in [-0.05, 0) is 75.8 Å². The molecule has 3 heterocycles. The molecule has 2 aromatic heterocycles. The topological polar surface area (TPSA) is 30.7 Å². The molecule has 256 valence electrons. The Balaban J connectivity index is 1.13. The molecule has 8 aromatic carbocycles. The molecule has 4 heteroatoms. The Labute approximate surface area is 322 Å². The largest absolute Gasteiger partial charge is 0.309 e. The lowest BCUT2D eigenvalue weighted by Gasteiger charge is -2.40. The van der Waals surface area contributed by atoms with E-state index >= 15 is 0 Å². The van der Waals surface area contributed by atoms with Crippen molar-refractivity contribution in [2.75, 3.05) is 0 Å². The monoisotopic (exact) mass is 717 g/mol. The molecule has 0 saturated heterocycles. The van der Waals surface area contributed by atoms with Crippen molar-refractivity contribution in [3.8, 4) is 39.5 Å². The van der Waals surface area contributed by atoms with Crippen LogP contribution in [0, 0.1) is 0 Å². The van der Waals surface area contributed by atoms with E-state index in [1.165, 1.54) is 65.0 Å². The van der Waals surface area contributed by atoms with Crippen LogP contribution >= 0.6 is 11.8 Å². The van der Waals surface area contributed by atoms with Crippen LogP contribution in [-0.4, -0.2) is 14.5 Å². The number of hydrogen-bond acceptors (Lipinski definition) is 3. The van der Waals surface area contributed by atoms with E-state index < -0.39 is 5.41 Å². The van der Waals surface area contributed by atoms with Gasteiger partial charge in [0.2, 0.25) is 0 Å². The van der Waals surface area contributed by atoms with Crippen LogP contribution in [0.3, 0.4) is 0 Å². The Morgan fingerprint density at radius 2 is 1.00 bits per heavy atom. The van der Waals surface area contributed by atoms with Gasteiger partial charge in [-0.1, -0.05) is 157 Å². The Kier molecular flexibility index (Phi) is 6.48. The molecule has 0 unspecified atom stereocenters. The second-order valence-electron chi connectivity index (χ2n) is 14.5. The van der Waals surface area contributed by atoms with E-state index in [4.69, 9.17) is 9.97 Å². The van der Waals surface area contributed by atoms with Gasteiger partial charge in [-0.2, -0.15) is 0 Å². The van der Waals surface area contributed by atoms with Crippen molar-refractivity contribution in [3.63, 3.8) is 0 Å². The van der Waals surface area contributed by atoms with Gasteiger partial charge in [-0.25, -0.2) is 9.97 Å². The lowest BCUT2D eigenvalue weighted by molar-refractivity contribution is 0.723. The molecule has 1 aliphatic heterocycles. The smallest absolute Gasteiger partial charge is 0.160 e. The van der Waals surface area contributed by atoms with E-state index in [0.717, 1.165) is 39.2 Å². The molecule has 1 spiro atoms. The number of benzene rings is 8. The first-order valence-electron chi connectivity index (χ1n) is 18.8. The number of nitrogens with zero attached hydrogens (tertiary/aromatic N) is 3. The summed E-state index contributed by atoms with van der Waals surface area (Å²) in [6.07, 6.45) is 0. The highest BCUT2D eigenvalue weighted by Crippen LogP contribution is 2.63. The Bertz CT molecular complexity index is 3110. The fourth-order valence-electron chi connectivity index (χ4n) is 9.51. The summed E-state index contributed by atoms with van der Waals surface area (Å²) in [7, 11) is 0. The second kappa shape index (κ2) is 11.6. The predicted octanol–water partition coefficient (Wildman–Crippen LogP) is 12.9. The third kappa shape index (κ3) is 4.23. The zero-order valence-electron chi connectivity index (χ0n) is 29.6. The summed E-state index contributed by atoms with van der Waals surface area (Å²) in [5.74, 6) is 0.730. The van der Waals surface area contributed by atoms with Gasteiger partial charge in [0.15, 0.2) is 5.82 Å². The van der Waals surface area contributed by atoms with E-state index in [1.807, 2.05) is 11.8 Å². The van der Waals surface area contributed by atoms with Crippen molar-refractivity contribution in [1.29, 1.82) is 0 Å². The van der Waals surface area contributed by atoms with Crippen molar-refractivity contribution >= 4 is 44.5 Å². The minimum absolute atomic E-state index is 0.535. The maximum Gasteiger partial charge on any atom is 0.160 e. The second-order valence-corrected chi connectivity index (χ2v) is 15.5. The summed E-state index contributed by atoms with van der Waals surface area (Å²) in [6, 6.07) is 68.2. The maximum atomic E-state index is 5.59. The third-order valence-electron chi connectivity index (χ3n) is 11.7. The van der Waals surface area contributed by atoms with Gasteiger partial charge >= 0.3 is 0 Å². The van der Waals surface area contributed by atoms with Crippen LogP contribution in [0.25, 0.3) is 72.2 Å². The van der Waals surface area contributed by atoms with E-state index in [1.54, 1.807) is 0 Å². The van der Waals surface area contributed by atoms with Crippen molar-refractivity contribution in [3.05, 3.63) is 210 Å². The summed E-state index contributed by atoms with van der Waals surface area (Å²) in [5, 5.41) is 3.52. The van der Waals surface area contributed by atoms with Gasteiger partial charge in [0.25, 0.3) is 0 Å². The van der Waals surface area contributed by atoms with Crippen LogP contribution in [0.4, 0.5) is 0 Å². The van der Waals surface area contributed by atoms with Crippen LogP contribution in [-0.2, 0) is 5.41 Å². The highest BCUT2D eigenvalue weighted by Gasteiger charge is 2.51. The van der Waals surface area contributed by atoms with Crippen LogP contribution < -0.4 is 0 Å². The molecular weight excluding hydrogens is 687 g/mol. The van der Waals surface area contributed by atoms with E-state index in [2.05, 4.69) is 193 Å². The van der Waals surface area contributed by atoms with Crippen molar-refractivity contribution in [2.24, 2.45) is 0 Å². The number of rotatable bonds is 3. The first-order valence-corrected chi connectivity index (χ1v) is 19.6. The number of fused-ring (bicyclic) bond motifs is 13. The van der Waals surface area contributed by atoms with Crippen LogP contribution in [0.2, 0.25) is 0 Å². The molecule has 0 N–H and O–H groups in total. The number of hydrogen-bond donors (Lipinski definition) is 0. The van der Waals surface area contributed by atoms with E-state index in [-0.39, 0.29) is 0 Å². The fraction of sp³-hybridized carbons (Fsp3) is 0.0196. The summed E-state index contributed by atoms with van der Waals surface area (Å²) in [4.78, 5) is 13.5. The molecule has 12 rings (SSSR count). The molecule has 1 aliphatic carbocycles. The van der Waals surface area contributed by atoms with E-state index in [0.29, 0.717) is 0 Å². The highest BCUT2D eigenvalue weighted by atomic mass is 32.2. The van der Waals surface area contributed by atoms with Gasteiger partial charge in [-0.3, -0.25) is 0 Å². The van der Waals surface area contributed by atoms with Crippen molar-refractivity contribution < 1.29 is 0 Å². The maximum absolute atomic E-state index is 5.59. The first kappa shape index (κ1) is 30.7. The Morgan fingerprint density at radius 1 is 0.436 bits per heavy atom. The molecule has 0 saturated carbocycles.